The third kappa shape index (κ3) is 4.03. The molecule has 2 rings (SSSR count). The molecule has 0 aliphatic carbocycles. The van der Waals surface area contributed by atoms with E-state index in [1.807, 2.05) is 30.5 Å². The summed E-state index contributed by atoms with van der Waals surface area (Å²) in [5.74, 6) is 1.27. The van der Waals surface area contributed by atoms with E-state index in [0.29, 0.717) is 22.9 Å². The average molecular weight is 335 g/mol. The zero-order valence-corrected chi connectivity index (χ0v) is 14.4. The molecule has 0 bridgehead atoms. The summed E-state index contributed by atoms with van der Waals surface area (Å²) in [6.45, 7) is 2.46. The van der Waals surface area contributed by atoms with Crippen molar-refractivity contribution >= 4 is 17.2 Å². The lowest BCUT2D eigenvalue weighted by atomic mass is 10.1. The lowest BCUT2D eigenvalue weighted by Crippen LogP contribution is -2.33. The highest BCUT2D eigenvalue weighted by molar-refractivity contribution is 7.12. The highest BCUT2D eigenvalue weighted by Gasteiger charge is 2.20. The number of aliphatic hydroxyl groups excluding tert-OH is 1. The lowest BCUT2D eigenvalue weighted by Gasteiger charge is -2.23. The van der Waals surface area contributed by atoms with Crippen molar-refractivity contribution < 1.29 is 19.4 Å². The monoisotopic (exact) mass is 335 g/mol. The summed E-state index contributed by atoms with van der Waals surface area (Å²) < 4.78 is 10.6. The second-order valence-corrected chi connectivity index (χ2v) is 5.98. The number of hydrogen-bond donors (Lipinski definition) is 1. The first-order valence-corrected chi connectivity index (χ1v) is 8.13. The number of rotatable bonds is 7. The fraction of sp³-hybridized carbons (Fsp3) is 0.353. The number of carbonyl (C=O) groups excluding carboxylic acids is 1. The van der Waals surface area contributed by atoms with Crippen molar-refractivity contribution in [2.75, 3.05) is 27.4 Å². The Kier molecular flexibility index (Phi) is 6.01. The van der Waals surface area contributed by atoms with E-state index in [0.717, 1.165) is 11.1 Å². The number of aryl methyl sites for hydroxylation is 1. The molecule has 0 saturated carbocycles. The molecule has 5 nitrogen and oxygen atoms in total. The molecule has 0 saturated heterocycles. The molecule has 0 aliphatic heterocycles. The van der Waals surface area contributed by atoms with Gasteiger partial charge in [0.25, 0.3) is 5.91 Å². The Morgan fingerprint density at radius 3 is 2.61 bits per heavy atom. The molecule has 0 atom stereocenters. The Balaban J connectivity index is 2.26. The van der Waals surface area contributed by atoms with Crippen LogP contribution in [0, 0.1) is 6.92 Å². The van der Waals surface area contributed by atoms with E-state index in [4.69, 9.17) is 9.47 Å². The van der Waals surface area contributed by atoms with Gasteiger partial charge in [-0.15, -0.1) is 11.3 Å². The van der Waals surface area contributed by atoms with Crippen LogP contribution in [0.3, 0.4) is 0 Å². The van der Waals surface area contributed by atoms with Gasteiger partial charge in [0.2, 0.25) is 0 Å². The van der Waals surface area contributed by atoms with E-state index >= 15 is 0 Å². The summed E-state index contributed by atoms with van der Waals surface area (Å²) in [5.41, 5.74) is 1.81. The summed E-state index contributed by atoms with van der Waals surface area (Å²) in [5, 5.41) is 11.2. The van der Waals surface area contributed by atoms with Gasteiger partial charge in [0, 0.05) is 24.7 Å². The van der Waals surface area contributed by atoms with Crippen molar-refractivity contribution in [1.29, 1.82) is 0 Å². The van der Waals surface area contributed by atoms with Crippen molar-refractivity contribution in [3.8, 4) is 11.5 Å². The number of amides is 1. The van der Waals surface area contributed by atoms with Crippen LogP contribution in [-0.2, 0) is 6.54 Å². The predicted molar refractivity (Wildman–Crippen MR) is 90.4 cm³/mol. The van der Waals surface area contributed by atoms with Crippen LogP contribution >= 0.6 is 11.3 Å². The summed E-state index contributed by atoms with van der Waals surface area (Å²) in [4.78, 5) is 15.0. The molecular formula is C17H21NO4S. The second-order valence-electron chi connectivity index (χ2n) is 5.06. The molecule has 2 aromatic rings. The minimum Gasteiger partial charge on any atom is -0.497 e. The first-order valence-electron chi connectivity index (χ1n) is 7.25. The van der Waals surface area contributed by atoms with Gasteiger partial charge in [0.1, 0.15) is 11.5 Å². The van der Waals surface area contributed by atoms with Crippen molar-refractivity contribution in [2.45, 2.75) is 13.5 Å². The Hall–Kier alpha value is -2.05. The van der Waals surface area contributed by atoms with Crippen LogP contribution in [0.1, 0.15) is 20.8 Å². The van der Waals surface area contributed by atoms with Gasteiger partial charge in [-0.05, 0) is 36.1 Å². The Bertz CT molecular complexity index is 668. The van der Waals surface area contributed by atoms with E-state index in [1.54, 1.807) is 25.2 Å². The zero-order chi connectivity index (χ0) is 16.8. The van der Waals surface area contributed by atoms with Crippen molar-refractivity contribution in [2.24, 2.45) is 0 Å². The van der Waals surface area contributed by atoms with E-state index in [9.17, 15) is 9.90 Å². The number of ether oxygens (including phenoxy) is 2. The van der Waals surface area contributed by atoms with Gasteiger partial charge in [-0.1, -0.05) is 0 Å². The molecule has 1 N–H and O–H groups in total. The van der Waals surface area contributed by atoms with Gasteiger partial charge in [0.15, 0.2) is 0 Å². The van der Waals surface area contributed by atoms with E-state index in [1.165, 1.54) is 11.3 Å². The van der Waals surface area contributed by atoms with Gasteiger partial charge in [0.05, 0.1) is 25.7 Å². The molecule has 1 heterocycles. The minimum absolute atomic E-state index is 0.0792. The first-order chi connectivity index (χ1) is 11.1. The van der Waals surface area contributed by atoms with Gasteiger partial charge in [-0.2, -0.15) is 0 Å². The third-order valence-corrected chi connectivity index (χ3v) is 4.57. The van der Waals surface area contributed by atoms with Gasteiger partial charge < -0.3 is 19.5 Å². The van der Waals surface area contributed by atoms with Crippen LogP contribution < -0.4 is 9.47 Å². The molecule has 6 heteroatoms. The Morgan fingerprint density at radius 2 is 2.04 bits per heavy atom. The number of nitrogens with zero attached hydrogens (tertiary/aromatic N) is 1. The number of methoxy groups -OCH3 is 2. The predicted octanol–water partition coefficient (Wildman–Crippen LogP) is 2.71. The van der Waals surface area contributed by atoms with E-state index < -0.39 is 0 Å². The molecule has 1 aromatic carbocycles. The van der Waals surface area contributed by atoms with Crippen LogP contribution in [0.2, 0.25) is 0 Å². The zero-order valence-electron chi connectivity index (χ0n) is 13.5. The fourth-order valence-electron chi connectivity index (χ4n) is 2.30. The molecule has 1 amide bonds. The highest BCUT2D eigenvalue weighted by Crippen LogP contribution is 2.27. The smallest absolute Gasteiger partial charge is 0.264 e. The molecule has 0 aliphatic rings. The quantitative estimate of drug-likeness (QED) is 0.845. The average Bonchev–Trinajstić information content (AvgIpc) is 3.00. The number of carbonyl (C=O) groups is 1. The second kappa shape index (κ2) is 7.99. The maximum absolute atomic E-state index is 12.7. The number of hydrogen-bond acceptors (Lipinski definition) is 5. The van der Waals surface area contributed by atoms with Gasteiger partial charge in [-0.3, -0.25) is 4.79 Å². The molecule has 23 heavy (non-hydrogen) atoms. The lowest BCUT2D eigenvalue weighted by molar-refractivity contribution is 0.0711. The van der Waals surface area contributed by atoms with Gasteiger partial charge in [-0.25, -0.2) is 0 Å². The normalized spacial score (nSPS) is 10.4. The van der Waals surface area contributed by atoms with E-state index in [2.05, 4.69) is 0 Å². The molecule has 124 valence electrons. The molecule has 0 radical (unpaired) electrons. The highest BCUT2D eigenvalue weighted by atomic mass is 32.1. The summed E-state index contributed by atoms with van der Waals surface area (Å²) in [6.07, 6.45) is 0. The van der Waals surface area contributed by atoms with Crippen LogP contribution in [-0.4, -0.2) is 43.3 Å². The van der Waals surface area contributed by atoms with Crippen LogP contribution in [0.5, 0.6) is 11.5 Å². The maximum Gasteiger partial charge on any atom is 0.264 e. The topological polar surface area (TPSA) is 59.0 Å². The largest absolute Gasteiger partial charge is 0.497 e. The summed E-state index contributed by atoms with van der Waals surface area (Å²) in [6, 6.07) is 7.41. The molecule has 0 fully saturated rings. The van der Waals surface area contributed by atoms with Crippen LogP contribution in [0.25, 0.3) is 0 Å². The maximum atomic E-state index is 12.7. The van der Waals surface area contributed by atoms with Crippen molar-refractivity contribution in [3.63, 3.8) is 0 Å². The summed E-state index contributed by atoms with van der Waals surface area (Å²) in [7, 11) is 3.18. The van der Waals surface area contributed by atoms with E-state index in [-0.39, 0.29) is 19.1 Å². The van der Waals surface area contributed by atoms with Gasteiger partial charge >= 0.3 is 0 Å². The van der Waals surface area contributed by atoms with Crippen molar-refractivity contribution in [3.05, 3.63) is 45.6 Å². The molecule has 0 unspecified atom stereocenters. The number of thiophene rings is 1. The SMILES string of the molecule is COc1ccc(CN(CCO)C(=O)c2sccc2C)c(OC)c1. The summed E-state index contributed by atoms with van der Waals surface area (Å²) >= 11 is 1.41. The fourth-order valence-corrected chi connectivity index (χ4v) is 3.19. The Labute approximate surface area is 140 Å². The first kappa shape index (κ1) is 17.3. The number of aliphatic hydroxyl groups is 1. The molecule has 0 spiro atoms. The van der Waals surface area contributed by atoms with Crippen LogP contribution in [0.4, 0.5) is 0 Å². The standard InChI is InChI=1S/C17H21NO4S/c1-12-6-9-23-16(12)17(20)18(7-8-19)11-13-4-5-14(21-2)10-15(13)22-3/h4-6,9-10,19H,7-8,11H2,1-3H3. The van der Waals surface area contributed by atoms with Crippen LogP contribution in [0.15, 0.2) is 29.6 Å². The minimum atomic E-state index is -0.0887. The third-order valence-electron chi connectivity index (χ3n) is 3.57. The van der Waals surface area contributed by atoms with Crippen molar-refractivity contribution in [1.82, 2.24) is 4.90 Å². The number of benzene rings is 1. The molecular weight excluding hydrogens is 314 g/mol. The Morgan fingerprint density at radius 1 is 1.26 bits per heavy atom. The molecule has 1 aromatic heterocycles.